The zero-order valence-corrected chi connectivity index (χ0v) is 10.7. The van der Waals surface area contributed by atoms with Crippen LogP contribution in [0, 0.1) is 0 Å². The molecule has 0 atom stereocenters. The van der Waals surface area contributed by atoms with Crippen molar-refractivity contribution in [2.75, 3.05) is 0 Å². The molecule has 1 N–H and O–H groups in total. The summed E-state index contributed by atoms with van der Waals surface area (Å²) < 4.78 is 5.78. The van der Waals surface area contributed by atoms with Crippen molar-refractivity contribution < 1.29 is 4.74 Å². The van der Waals surface area contributed by atoms with Gasteiger partial charge in [0.25, 0.3) is 5.19 Å². The van der Waals surface area contributed by atoms with E-state index in [9.17, 15) is 0 Å². The summed E-state index contributed by atoms with van der Waals surface area (Å²) in [5.74, 6) is 0. The van der Waals surface area contributed by atoms with E-state index in [0.717, 1.165) is 16.7 Å². The smallest absolute Gasteiger partial charge is 0.294 e. The maximum atomic E-state index is 5.78. The molecule has 1 aliphatic carbocycles. The van der Waals surface area contributed by atoms with E-state index in [1.807, 2.05) is 0 Å². The molecule has 0 unspecified atom stereocenters. The lowest BCUT2D eigenvalue weighted by atomic mass is 10.3. The van der Waals surface area contributed by atoms with Gasteiger partial charge in [0, 0.05) is 6.04 Å². The third-order valence-electron chi connectivity index (χ3n) is 2.68. The number of ether oxygens (including phenoxy) is 1. The van der Waals surface area contributed by atoms with E-state index in [1.165, 1.54) is 25.7 Å². The molecule has 1 aromatic heterocycles. The summed E-state index contributed by atoms with van der Waals surface area (Å²) >= 11 is 1.55. The van der Waals surface area contributed by atoms with Crippen molar-refractivity contribution in [3.63, 3.8) is 0 Å². The first kappa shape index (κ1) is 11.8. The third-order valence-corrected chi connectivity index (χ3v) is 3.49. The molecule has 0 bridgehead atoms. The van der Waals surface area contributed by atoms with Crippen LogP contribution < -0.4 is 10.1 Å². The molecule has 0 spiro atoms. The van der Waals surface area contributed by atoms with E-state index in [4.69, 9.17) is 4.74 Å². The highest BCUT2D eigenvalue weighted by Crippen LogP contribution is 2.26. The second-order valence-electron chi connectivity index (χ2n) is 4.52. The average molecular weight is 241 g/mol. The van der Waals surface area contributed by atoms with Crippen LogP contribution in [0.4, 0.5) is 0 Å². The van der Waals surface area contributed by atoms with E-state index in [2.05, 4.69) is 29.4 Å². The van der Waals surface area contributed by atoms with Crippen molar-refractivity contribution in [3.8, 4) is 5.19 Å². The van der Waals surface area contributed by atoms with Gasteiger partial charge in [0.1, 0.15) is 11.1 Å². The Morgan fingerprint density at radius 2 is 2.12 bits per heavy atom. The Bertz CT molecular complexity index is 321. The number of hydrogen-bond donors (Lipinski definition) is 1. The van der Waals surface area contributed by atoms with Gasteiger partial charge in [-0.1, -0.05) is 30.3 Å². The fourth-order valence-electron chi connectivity index (χ4n) is 1.80. The molecule has 1 aliphatic rings. The van der Waals surface area contributed by atoms with Gasteiger partial charge in [-0.3, -0.25) is 0 Å². The van der Waals surface area contributed by atoms with Crippen LogP contribution in [-0.4, -0.2) is 22.3 Å². The molecule has 16 heavy (non-hydrogen) atoms. The van der Waals surface area contributed by atoms with E-state index < -0.39 is 0 Å². The number of hydrogen-bond acceptors (Lipinski definition) is 5. The Kier molecular flexibility index (Phi) is 4.12. The molecule has 0 aromatic carbocycles. The highest BCUT2D eigenvalue weighted by molar-refractivity contribution is 7.13. The van der Waals surface area contributed by atoms with Gasteiger partial charge in [-0.15, -0.1) is 5.10 Å². The molecule has 4 nitrogen and oxygen atoms in total. The fourth-order valence-corrected chi connectivity index (χ4v) is 2.50. The van der Waals surface area contributed by atoms with E-state index >= 15 is 0 Å². The van der Waals surface area contributed by atoms with Crippen LogP contribution in [-0.2, 0) is 6.54 Å². The molecule has 1 saturated carbocycles. The minimum absolute atomic E-state index is 0.374. The molecule has 0 saturated heterocycles. The second kappa shape index (κ2) is 5.59. The van der Waals surface area contributed by atoms with Crippen molar-refractivity contribution in [1.82, 2.24) is 15.5 Å². The summed E-state index contributed by atoms with van der Waals surface area (Å²) in [5, 5.41) is 13.2. The normalized spacial score (nSPS) is 17.2. The molecule has 0 amide bonds. The lowest BCUT2D eigenvalue weighted by molar-refractivity contribution is 0.207. The van der Waals surface area contributed by atoms with E-state index in [0.29, 0.717) is 12.1 Å². The van der Waals surface area contributed by atoms with Crippen molar-refractivity contribution >= 4 is 11.3 Å². The van der Waals surface area contributed by atoms with Gasteiger partial charge < -0.3 is 10.1 Å². The minimum atomic E-state index is 0.374. The molecule has 2 rings (SSSR count). The van der Waals surface area contributed by atoms with Gasteiger partial charge >= 0.3 is 0 Å². The van der Waals surface area contributed by atoms with Crippen molar-refractivity contribution in [2.45, 2.75) is 58.2 Å². The summed E-state index contributed by atoms with van der Waals surface area (Å²) in [4.78, 5) is 0. The summed E-state index contributed by atoms with van der Waals surface area (Å²) in [7, 11) is 0. The summed E-state index contributed by atoms with van der Waals surface area (Å²) in [6, 6.07) is 0.475. The van der Waals surface area contributed by atoms with Crippen molar-refractivity contribution in [3.05, 3.63) is 5.01 Å². The van der Waals surface area contributed by atoms with Crippen LogP contribution in [0.3, 0.4) is 0 Å². The van der Waals surface area contributed by atoms with E-state index in [1.54, 1.807) is 11.3 Å². The lowest BCUT2D eigenvalue weighted by Crippen LogP contribution is -2.21. The average Bonchev–Trinajstić information content (AvgIpc) is 2.87. The standard InChI is InChI=1S/C11H19N3OS/c1-8(2)12-7-10-13-14-11(16-10)15-9-5-3-4-6-9/h8-9,12H,3-7H2,1-2H3. The molecule has 5 heteroatoms. The van der Waals surface area contributed by atoms with Crippen LogP contribution in [0.2, 0.25) is 0 Å². The maximum Gasteiger partial charge on any atom is 0.294 e. The number of aromatic nitrogens is 2. The first-order valence-corrected chi connectivity index (χ1v) is 6.78. The fraction of sp³-hybridized carbons (Fsp3) is 0.818. The van der Waals surface area contributed by atoms with Gasteiger partial charge in [-0.2, -0.15) is 0 Å². The predicted molar refractivity (Wildman–Crippen MR) is 64.8 cm³/mol. The largest absolute Gasteiger partial charge is 0.466 e. The molecule has 1 fully saturated rings. The van der Waals surface area contributed by atoms with Gasteiger partial charge in [0.2, 0.25) is 0 Å². The van der Waals surface area contributed by atoms with Crippen LogP contribution in [0.1, 0.15) is 44.5 Å². The van der Waals surface area contributed by atoms with Crippen LogP contribution in [0.25, 0.3) is 0 Å². The Morgan fingerprint density at radius 3 is 2.81 bits per heavy atom. The zero-order chi connectivity index (χ0) is 11.4. The van der Waals surface area contributed by atoms with Crippen molar-refractivity contribution in [2.24, 2.45) is 0 Å². The predicted octanol–water partition coefficient (Wildman–Crippen LogP) is 2.36. The van der Waals surface area contributed by atoms with Gasteiger partial charge in [0.15, 0.2) is 0 Å². The molecule has 90 valence electrons. The first-order valence-electron chi connectivity index (χ1n) is 5.96. The Labute approximate surface area is 100 Å². The highest BCUT2D eigenvalue weighted by Gasteiger charge is 2.18. The topological polar surface area (TPSA) is 47.0 Å². The zero-order valence-electron chi connectivity index (χ0n) is 9.90. The van der Waals surface area contributed by atoms with Crippen LogP contribution >= 0.6 is 11.3 Å². The Balaban J connectivity index is 1.81. The maximum absolute atomic E-state index is 5.78. The molecule has 1 heterocycles. The molecule has 0 aliphatic heterocycles. The third kappa shape index (κ3) is 3.42. The first-order chi connectivity index (χ1) is 7.74. The second-order valence-corrected chi connectivity index (χ2v) is 5.55. The highest BCUT2D eigenvalue weighted by atomic mass is 32.1. The minimum Gasteiger partial charge on any atom is -0.466 e. The number of nitrogens with zero attached hydrogens (tertiary/aromatic N) is 2. The van der Waals surface area contributed by atoms with Crippen LogP contribution in [0.15, 0.2) is 0 Å². The van der Waals surface area contributed by atoms with Gasteiger partial charge in [-0.05, 0) is 25.7 Å². The summed E-state index contributed by atoms with van der Waals surface area (Å²) in [6.07, 6.45) is 5.27. The summed E-state index contributed by atoms with van der Waals surface area (Å²) in [6.45, 7) is 5.03. The Hall–Kier alpha value is -0.680. The molecule has 1 aromatic rings. The van der Waals surface area contributed by atoms with E-state index in [-0.39, 0.29) is 0 Å². The quantitative estimate of drug-likeness (QED) is 0.859. The molecular formula is C11H19N3OS. The number of nitrogens with one attached hydrogen (secondary N) is 1. The molecule has 0 radical (unpaired) electrons. The van der Waals surface area contributed by atoms with Gasteiger partial charge in [-0.25, -0.2) is 0 Å². The number of rotatable bonds is 5. The lowest BCUT2D eigenvalue weighted by Gasteiger charge is -2.08. The monoisotopic (exact) mass is 241 g/mol. The van der Waals surface area contributed by atoms with Crippen LogP contribution in [0.5, 0.6) is 5.19 Å². The SMILES string of the molecule is CC(C)NCc1nnc(OC2CCCC2)s1. The van der Waals surface area contributed by atoms with Gasteiger partial charge in [0.05, 0.1) is 6.54 Å². The molecular weight excluding hydrogens is 222 g/mol. The summed E-state index contributed by atoms with van der Waals surface area (Å²) in [5.41, 5.74) is 0. The van der Waals surface area contributed by atoms with Crippen molar-refractivity contribution in [1.29, 1.82) is 0 Å². The Morgan fingerprint density at radius 1 is 1.38 bits per heavy atom.